The van der Waals surface area contributed by atoms with Crippen molar-refractivity contribution in [3.05, 3.63) is 11.3 Å². The van der Waals surface area contributed by atoms with Crippen LogP contribution in [0.15, 0.2) is 11.3 Å². The Morgan fingerprint density at radius 2 is 1.30 bits per heavy atom. The van der Waals surface area contributed by atoms with Gasteiger partial charge in [0.1, 0.15) is 18.5 Å². The van der Waals surface area contributed by atoms with Crippen LogP contribution < -0.4 is 59.1 Å². The fourth-order valence-corrected chi connectivity index (χ4v) is 2.04. The molecule has 0 aromatic heterocycles. The van der Waals surface area contributed by atoms with Crippen molar-refractivity contribution in [2.24, 2.45) is 0 Å². The van der Waals surface area contributed by atoms with Gasteiger partial charge in [0, 0.05) is 0 Å². The second-order valence-electron chi connectivity index (χ2n) is 4.06. The molecular formula is C8H8F6Na2O9S2. The molecule has 1 atom stereocenters. The quantitative estimate of drug-likeness (QED) is 0.111. The summed E-state index contributed by atoms with van der Waals surface area (Å²) in [7, 11) is -11.0. The molecule has 0 saturated carbocycles. The van der Waals surface area contributed by atoms with Crippen LogP contribution in [0.2, 0.25) is 0 Å². The van der Waals surface area contributed by atoms with E-state index < -0.39 is 63.8 Å². The van der Waals surface area contributed by atoms with Crippen molar-refractivity contribution in [2.45, 2.75) is 25.4 Å². The summed E-state index contributed by atoms with van der Waals surface area (Å²) >= 11 is 0. The molecule has 150 valence electrons. The van der Waals surface area contributed by atoms with Gasteiger partial charge in [0.2, 0.25) is 20.8 Å². The minimum Gasteiger partial charge on any atom is -0.726 e. The maximum absolute atomic E-state index is 12.4. The van der Waals surface area contributed by atoms with Crippen molar-refractivity contribution in [3.63, 3.8) is 0 Å². The molecular weight excluding hydrogens is 464 g/mol. The number of ether oxygens (including phenoxy) is 1. The predicted octanol–water partition coefficient (Wildman–Crippen LogP) is -5.27. The van der Waals surface area contributed by atoms with E-state index in [2.05, 4.69) is 13.1 Å². The van der Waals surface area contributed by atoms with Gasteiger partial charge in [-0.3, -0.25) is 8.37 Å². The van der Waals surface area contributed by atoms with Crippen molar-refractivity contribution >= 4 is 20.8 Å². The standard InChI is InChI=1S/C8H10F6O9S2.2Na/c1-4(6(7(9,10)11)8(12,13)14)21-2-5(23-25(18,19)20)3-22-24(15,16)17;;/h5H,2-3H2,1H3,(H,15,16,17)(H,18,19,20);;/q;2*+1/p-2. The number of halogens is 6. The van der Waals surface area contributed by atoms with Gasteiger partial charge in [0.05, 0.1) is 6.61 Å². The first kappa shape index (κ1) is 32.5. The Kier molecular flexibility index (Phi) is 14.3. The van der Waals surface area contributed by atoms with E-state index in [1.54, 1.807) is 0 Å². The third-order valence-corrected chi connectivity index (χ3v) is 2.99. The van der Waals surface area contributed by atoms with Crippen LogP contribution in [0.4, 0.5) is 26.3 Å². The molecule has 0 spiro atoms. The fraction of sp³-hybridized carbons (Fsp3) is 0.750. The molecule has 27 heavy (non-hydrogen) atoms. The van der Waals surface area contributed by atoms with Crippen LogP contribution >= 0.6 is 0 Å². The third kappa shape index (κ3) is 15.4. The fourth-order valence-electron chi connectivity index (χ4n) is 1.28. The Morgan fingerprint density at radius 3 is 1.59 bits per heavy atom. The largest absolute Gasteiger partial charge is 1.00 e. The monoisotopic (exact) mass is 472 g/mol. The number of hydrogen-bond donors (Lipinski definition) is 0. The van der Waals surface area contributed by atoms with Crippen LogP contribution in [-0.4, -0.2) is 57.6 Å². The van der Waals surface area contributed by atoms with Gasteiger partial charge in [-0.2, -0.15) is 26.3 Å². The average molecular weight is 472 g/mol. The smallest absolute Gasteiger partial charge is 0.726 e. The summed E-state index contributed by atoms with van der Waals surface area (Å²) in [5, 5.41) is 0. The van der Waals surface area contributed by atoms with Gasteiger partial charge in [-0.15, -0.1) is 0 Å². The average Bonchev–Trinajstić information content (AvgIpc) is 2.26. The summed E-state index contributed by atoms with van der Waals surface area (Å²) in [6.45, 7) is -2.78. The molecule has 0 aliphatic heterocycles. The van der Waals surface area contributed by atoms with Crippen molar-refractivity contribution in [1.82, 2.24) is 0 Å². The molecule has 0 radical (unpaired) electrons. The molecule has 0 amide bonds. The maximum Gasteiger partial charge on any atom is 1.00 e. The number of rotatable bonds is 8. The molecule has 0 aliphatic carbocycles. The molecule has 0 N–H and O–H groups in total. The summed E-state index contributed by atoms with van der Waals surface area (Å²) in [6.07, 6.45) is -14.1. The first-order valence-electron chi connectivity index (χ1n) is 5.55. The van der Waals surface area contributed by atoms with Crippen molar-refractivity contribution < 1.29 is 125 Å². The minimum atomic E-state index is -5.89. The molecule has 0 aliphatic rings. The van der Waals surface area contributed by atoms with Crippen LogP contribution in [0, 0.1) is 0 Å². The molecule has 0 fully saturated rings. The summed E-state index contributed by atoms with van der Waals surface area (Å²) in [5.41, 5.74) is -3.07. The topological polar surface area (TPSA) is 142 Å². The number of hydrogen-bond acceptors (Lipinski definition) is 9. The molecule has 0 saturated heterocycles. The number of alkyl halides is 6. The van der Waals surface area contributed by atoms with Crippen LogP contribution in [0.1, 0.15) is 6.92 Å². The Morgan fingerprint density at radius 1 is 0.889 bits per heavy atom. The Bertz CT molecular complexity index is 685. The second kappa shape index (κ2) is 11.9. The van der Waals surface area contributed by atoms with Gasteiger partial charge in [-0.05, 0) is 6.92 Å². The molecule has 9 nitrogen and oxygen atoms in total. The van der Waals surface area contributed by atoms with E-state index in [1.165, 1.54) is 0 Å². The molecule has 19 heteroatoms. The molecule has 0 heterocycles. The van der Waals surface area contributed by atoms with Gasteiger partial charge in [0.25, 0.3) is 0 Å². The van der Waals surface area contributed by atoms with Gasteiger partial charge < -0.3 is 13.8 Å². The second-order valence-corrected chi connectivity index (χ2v) is 6.12. The van der Waals surface area contributed by atoms with E-state index in [1.807, 2.05) is 0 Å². The van der Waals surface area contributed by atoms with Crippen molar-refractivity contribution in [2.75, 3.05) is 13.2 Å². The van der Waals surface area contributed by atoms with Gasteiger partial charge >= 0.3 is 71.5 Å². The third-order valence-electron chi connectivity index (χ3n) is 2.06. The summed E-state index contributed by atoms with van der Waals surface area (Å²) in [6, 6.07) is 0. The van der Waals surface area contributed by atoms with Crippen molar-refractivity contribution in [1.29, 1.82) is 0 Å². The summed E-state index contributed by atoms with van der Waals surface area (Å²) in [4.78, 5) is 0. The molecule has 0 aromatic carbocycles. The SMILES string of the molecule is CC(OCC(COS(=O)(=O)[O-])OS(=O)(=O)[O-])=C(C(F)(F)F)C(F)(F)F.[Na+].[Na+]. The van der Waals surface area contributed by atoms with Gasteiger partial charge in [-0.25, -0.2) is 16.8 Å². The molecule has 0 bridgehead atoms. The Hall–Kier alpha value is 0.860. The molecule has 0 aromatic rings. The van der Waals surface area contributed by atoms with Crippen LogP contribution in [0.5, 0.6) is 0 Å². The van der Waals surface area contributed by atoms with E-state index in [4.69, 9.17) is 0 Å². The first-order valence-corrected chi connectivity index (χ1v) is 8.22. The zero-order chi connectivity index (χ0) is 20.3. The van der Waals surface area contributed by atoms with E-state index in [9.17, 15) is 52.3 Å². The number of allylic oxidation sites excluding steroid dienone is 2. The zero-order valence-corrected chi connectivity index (χ0v) is 19.4. The normalized spacial score (nSPS) is 13.8. The van der Waals surface area contributed by atoms with Gasteiger partial charge in [-0.1, -0.05) is 0 Å². The van der Waals surface area contributed by atoms with E-state index in [0.29, 0.717) is 0 Å². The van der Waals surface area contributed by atoms with Crippen molar-refractivity contribution in [3.8, 4) is 0 Å². The van der Waals surface area contributed by atoms with Crippen LogP contribution in [0.25, 0.3) is 0 Å². The summed E-state index contributed by atoms with van der Waals surface area (Å²) in [5.74, 6) is -1.78. The zero-order valence-electron chi connectivity index (χ0n) is 13.8. The van der Waals surface area contributed by atoms with Crippen LogP contribution in [0.3, 0.4) is 0 Å². The first-order chi connectivity index (χ1) is 10.8. The Balaban J connectivity index is -0.00000288. The van der Waals surface area contributed by atoms with E-state index >= 15 is 0 Å². The maximum atomic E-state index is 12.4. The van der Waals surface area contributed by atoms with E-state index in [0.717, 1.165) is 0 Å². The predicted molar refractivity (Wildman–Crippen MR) is 61.0 cm³/mol. The van der Waals surface area contributed by atoms with Gasteiger partial charge in [0.15, 0.2) is 5.57 Å². The van der Waals surface area contributed by atoms with Crippen LogP contribution in [-0.2, 0) is 33.9 Å². The van der Waals surface area contributed by atoms with E-state index in [-0.39, 0.29) is 66.0 Å². The molecule has 0 rings (SSSR count). The Labute approximate surface area is 193 Å². The molecule has 1 unspecified atom stereocenters. The summed E-state index contributed by atoms with van der Waals surface area (Å²) < 4.78 is 147. The minimum absolute atomic E-state index is 0.